The second kappa shape index (κ2) is 4.15. The number of carboxylic acids is 1. The lowest BCUT2D eigenvalue weighted by Crippen LogP contribution is -2.16. The predicted molar refractivity (Wildman–Crippen MR) is 71.6 cm³/mol. The van der Waals surface area contributed by atoms with Crippen molar-refractivity contribution < 1.29 is 20.1 Å². The zero-order chi connectivity index (χ0) is 14.4. The molecular weight excluding hydrogens is 244 g/mol. The molecule has 1 aromatic carbocycles. The Balaban J connectivity index is 2.51. The summed E-state index contributed by atoms with van der Waals surface area (Å²) in [5, 5.41) is 28.9. The third-order valence-corrected chi connectivity index (χ3v) is 3.87. The summed E-state index contributed by atoms with van der Waals surface area (Å²) < 4.78 is 0. The monoisotopic (exact) mass is 264 g/mol. The zero-order valence-electron chi connectivity index (χ0n) is 11.5. The molecule has 19 heavy (non-hydrogen) atoms. The summed E-state index contributed by atoms with van der Waals surface area (Å²) in [6.07, 6.45) is 1.47. The van der Waals surface area contributed by atoms with Gasteiger partial charge in [-0.3, -0.25) is 4.79 Å². The molecule has 0 aliphatic heterocycles. The number of carboxylic acid groups (broad SMARTS) is 1. The number of hydrogen-bond acceptors (Lipinski definition) is 3. The molecule has 0 unspecified atom stereocenters. The summed E-state index contributed by atoms with van der Waals surface area (Å²) in [6, 6.07) is 3.39. The predicted octanol–water partition coefficient (Wildman–Crippen LogP) is 2.90. The first-order valence-corrected chi connectivity index (χ1v) is 6.44. The van der Waals surface area contributed by atoms with Crippen molar-refractivity contribution in [2.75, 3.05) is 0 Å². The Morgan fingerprint density at radius 2 is 1.84 bits per heavy atom. The molecule has 4 nitrogen and oxygen atoms in total. The Morgan fingerprint density at radius 1 is 1.26 bits per heavy atom. The molecule has 1 fully saturated rings. The second-order valence-electron chi connectivity index (χ2n) is 6.49. The third-order valence-electron chi connectivity index (χ3n) is 3.87. The van der Waals surface area contributed by atoms with Crippen LogP contribution in [0.2, 0.25) is 0 Å². The number of hydrogen-bond donors (Lipinski definition) is 3. The van der Waals surface area contributed by atoms with Crippen LogP contribution in [-0.4, -0.2) is 21.3 Å². The molecule has 0 saturated heterocycles. The van der Waals surface area contributed by atoms with Gasteiger partial charge in [0.05, 0.1) is 6.42 Å². The van der Waals surface area contributed by atoms with E-state index in [2.05, 4.69) is 0 Å². The van der Waals surface area contributed by atoms with Gasteiger partial charge in [-0.25, -0.2) is 0 Å². The smallest absolute Gasteiger partial charge is 0.304 e. The maximum Gasteiger partial charge on any atom is 0.304 e. The lowest BCUT2D eigenvalue weighted by molar-refractivity contribution is -0.137. The SMILES string of the molecule is CC(C)(C)c1cc(O)c(O)c(C2(CC(=O)O)CC2)c1. The van der Waals surface area contributed by atoms with Crippen LogP contribution in [0.15, 0.2) is 12.1 Å². The second-order valence-corrected chi connectivity index (χ2v) is 6.49. The fourth-order valence-electron chi connectivity index (χ4n) is 2.44. The Labute approximate surface area is 112 Å². The molecule has 1 aliphatic rings. The number of carbonyl (C=O) groups is 1. The number of aromatic hydroxyl groups is 2. The molecule has 0 radical (unpaired) electrons. The van der Waals surface area contributed by atoms with Crippen LogP contribution in [0.4, 0.5) is 0 Å². The van der Waals surface area contributed by atoms with Gasteiger partial charge in [0.15, 0.2) is 11.5 Å². The zero-order valence-corrected chi connectivity index (χ0v) is 11.5. The fourth-order valence-corrected chi connectivity index (χ4v) is 2.44. The highest BCUT2D eigenvalue weighted by molar-refractivity contribution is 5.71. The lowest BCUT2D eigenvalue weighted by Gasteiger charge is -2.23. The minimum atomic E-state index is -0.877. The molecule has 0 heterocycles. The number of phenols is 2. The maximum atomic E-state index is 11.0. The summed E-state index contributed by atoms with van der Waals surface area (Å²) in [4.78, 5) is 11.0. The molecule has 0 aromatic heterocycles. The summed E-state index contributed by atoms with van der Waals surface area (Å²) >= 11 is 0. The van der Waals surface area contributed by atoms with Gasteiger partial charge in [0.25, 0.3) is 0 Å². The van der Waals surface area contributed by atoms with Gasteiger partial charge in [0.2, 0.25) is 0 Å². The van der Waals surface area contributed by atoms with E-state index in [4.69, 9.17) is 5.11 Å². The highest BCUT2D eigenvalue weighted by Crippen LogP contribution is 2.56. The first-order valence-electron chi connectivity index (χ1n) is 6.44. The van der Waals surface area contributed by atoms with E-state index in [0.717, 1.165) is 18.4 Å². The average molecular weight is 264 g/mol. The van der Waals surface area contributed by atoms with E-state index in [-0.39, 0.29) is 23.3 Å². The fraction of sp³-hybridized carbons (Fsp3) is 0.533. The van der Waals surface area contributed by atoms with Gasteiger partial charge in [-0.05, 0) is 29.9 Å². The first-order chi connectivity index (χ1) is 8.66. The van der Waals surface area contributed by atoms with E-state index < -0.39 is 11.4 Å². The van der Waals surface area contributed by atoms with E-state index in [0.29, 0.717) is 5.56 Å². The highest BCUT2D eigenvalue weighted by Gasteiger charge is 2.48. The minimum Gasteiger partial charge on any atom is -0.504 e. The van der Waals surface area contributed by atoms with Crippen LogP contribution in [-0.2, 0) is 15.6 Å². The molecule has 1 saturated carbocycles. The largest absolute Gasteiger partial charge is 0.504 e. The molecule has 0 bridgehead atoms. The van der Waals surface area contributed by atoms with E-state index in [1.54, 1.807) is 6.07 Å². The van der Waals surface area contributed by atoms with Gasteiger partial charge >= 0.3 is 5.97 Å². The number of benzene rings is 1. The molecule has 4 heteroatoms. The van der Waals surface area contributed by atoms with E-state index in [1.165, 1.54) is 0 Å². The van der Waals surface area contributed by atoms with Crippen LogP contribution in [0.1, 0.15) is 51.2 Å². The van der Waals surface area contributed by atoms with Gasteiger partial charge in [0.1, 0.15) is 0 Å². The number of rotatable bonds is 3. The van der Waals surface area contributed by atoms with Crippen molar-refractivity contribution in [3.63, 3.8) is 0 Å². The molecule has 0 spiro atoms. The molecular formula is C15H20O4. The van der Waals surface area contributed by atoms with Crippen LogP contribution in [0.5, 0.6) is 11.5 Å². The molecule has 2 rings (SSSR count). The quantitative estimate of drug-likeness (QED) is 0.733. The normalized spacial score (nSPS) is 17.2. The van der Waals surface area contributed by atoms with Crippen molar-refractivity contribution in [3.8, 4) is 11.5 Å². The highest BCUT2D eigenvalue weighted by atomic mass is 16.4. The van der Waals surface area contributed by atoms with Crippen molar-refractivity contribution >= 4 is 5.97 Å². The van der Waals surface area contributed by atoms with Crippen LogP contribution >= 0.6 is 0 Å². The van der Waals surface area contributed by atoms with Gasteiger partial charge in [-0.1, -0.05) is 26.8 Å². The van der Waals surface area contributed by atoms with Gasteiger partial charge < -0.3 is 15.3 Å². The van der Waals surface area contributed by atoms with E-state index >= 15 is 0 Å². The lowest BCUT2D eigenvalue weighted by atomic mass is 9.82. The van der Waals surface area contributed by atoms with E-state index in [1.807, 2.05) is 26.8 Å². The topological polar surface area (TPSA) is 77.8 Å². The van der Waals surface area contributed by atoms with Crippen LogP contribution < -0.4 is 0 Å². The third kappa shape index (κ3) is 2.53. The van der Waals surface area contributed by atoms with E-state index in [9.17, 15) is 15.0 Å². The summed E-state index contributed by atoms with van der Waals surface area (Å²) in [5.74, 6) is -1.22. The van der Waals surface area contributed by atoms with Crippen LogP contribution in [0.25, 0.3) is 0 Å². The summed E-state index contributed by atoms with van der Waals surface area (Å²) in [7, 11) is 0. The molecule has 0 atom stereocenters. The minimum absolute atomic E-state index is 0.00635. The van der Waals surface area contributed by atoms with Crippen molar-refractivity contribution in [1.29, 1.82) is 0 Å². The number of phenolic OH excluding ortho intramolecular Hbond substituents is 2. The van der Waals surface area contributed by atoms with Crippen molar-refractivity contribution in [1.82, 2.24) is 0 Å². The van der Waals surface area contributed by atoms with Crippen molar-refractivity contribution in [3.05, 3.63) is 23.3 Å². The Bertz CT molecular complexity index is 522. The maximum absolute atomic E-state index is 11.0. The molecule has 104 valence electrons. The number of aliphatic carboxylic acids is 1. The van der Waals surface area contributed by atoms with Crippen molar-refractivity contribution in [2.24, 2.45) is 0 Å². The van der Waals surface area contributed by atoms with Crippen molar-refractivity contribution in [2.45, 2.75) is 50.9 Å². The average Bonchev–Trinajstić information content (AvgIpc) is 3.00. The molecule has 1 aliphatic carbocycles. The van der Waals surface area contributed by atoms with Gasteiger partial charge in [0, 0.05) is 11.0 Å². The summed E-state index contributed by atoms with van der Waals surface area (Å²) in [6.45, 7) is 6.04. The Morgan fingerprint density at radius 3 is 2.26 bits per heavy atom. The molecule has 1 aromatic rings. The summed E-state index contributed by atoms with van der Waals surface area (Å²) in [5.41, 5.74) is 0.794. The van der Waals surface area contributed by atoms with Crippen LogP contribution in [0.3, 0.4) is 0 Å². The first kappa shape index (κ1) is 13.7. The Kier molecular flexibility index (Phi) is 3.00. The van der Waals surface area contributed by atoms with Crippen LogP contribution in [0, 0.1) is 0 Å². The standard InChI is InChI=1S/C15H20O4/c1-14(2,3)9-6-10(13(19)11(16)7-9)15(4-5-15)8-12(17)18/h6-7,16,19H,4-5,8H2,1-3H3,(H,17,18). The molecule has 3 N–H and O–H groups in total. The van der Waals surface area contributed by atoms with Gasteiger partial charge in [-0.15, -0.1) is 0 Å². The van der Waals surface area contributed by atoms with Gasteiger partial charge in [-0.2, -0.15) is 0 Å². The Hall–Kier alpha value is -1.71. The molecule has 0 amide bonds.